The van der Waals surface area contributed by atoms with E-state index in [1.54, 1.807) is 14.2 Å². The molecule has 0 saturated carbocycles. The molecule has 0 amide bonds. The molecule has 1 rings (SSSR count). The maximum atomic E-state index is 5.36. The Kier molecular flexibility index (Phi) is 4.45. The number of ether oxygens (including phenoxy) is 2. The lowest BCUT2D eigenvalue weighted by atomic mass is 9.97. The molecule has 15 heavy (non-hydrogen) atoms. The van der Waals surface area contributed by atoms with E-state index in [2.05, 4.69) is 35.8 Å². The molecule has 0 aliphatic heterocycles. The Bertz CT molecular complexity index is 323. The van der Waals surface area contributed by atoms with Crippen molar-refractivity contribution in [1.29, 1.82) is 0 Å². The van der Waals surface area contributed by atoms with Gasteiger partial charge < -0.3 is 9.47 Å². The zero-order chi connectivity index (χ0) is 11.4. The van der Waals surface area contributed by atoms with E-state index in [1.807, 2.05) is 12.1 Å². The molecule has 2 unspecified atom stereocenters. The van der Waals surface area contributed by atoms with Crippen molar-refractivity contribution in [1.82, 2.24) is 0 Å². The number of methoxy groups -OCH3 is 2. The normalized spacial score (nSPS) is 14.5. The van der Waals surface area contributed by atoms with Crippen LogP contribution in [0.15, 0.2) is 18.2 Å². The standard InChI is InChI=1S/C12H17BrO2/c1-8(9(2)13)11-6-5-10(14-3)7-12(11)15-4/h5-9H,1-4H3. The highest BCUT2D eigenvalue weighted by Gasteiger charge is 2.16. The minimum absolute atomic E-state index is 0.408. The highest BCUT2D eigenvalue weighted by Crippen LogP contribution is 2.34. The highest BCUT2D eigenvalue weighted by molar-refractivity contribution is 9.09. The van der Waals surface area contributed by atoms with Gasteiger partial charge in [-0.1, -0.05) is 35.8 Å². The van der Waals surface area contributed by atoms with Gasteiger partial charge in [0.05, 0.1) is 14.2 Å². The first kappa shape index (κ1) is 12.4. The third-order valence-corrected chi connectivity index (χ3v) is 3.41. The summed E-state index contributed by atoms with van der Waals surface area (Å²) in [6, 6.07) is 5.94. The number of hydrogen-bond donors (Lipinski definition) is 0. The van der Waals surface area contributed by atoms with E-state index in [0.29, 0.717) is 10.7 Å². The van der Waals surface area contributed by atoms with Crippen LogP contribution in [0.25, 0.3) is 0 Å². The molecule has 1 aromatic rings. The van der Waals surface area contributed by atoms with Crippen LogP contribution in [-0.2, 0) is 0 Å². The largest absolute Gasteiger partial charge is 0.497 e. The highest BCUT2D eigenvalue weighted by atomic mass is 79.9. The van der Waals surface area contributed by atoms with Gasteiger partial charge in [-0.05, 0) is 17.5 Å². The predicted octanol–water partition coefficient (Wildman–Crippen LogP) is 3.59. The quantitative estimate of drug-likeness (QED) is 0.780. The Morgan fingerprint density at radius 2 is 1.80 bits per heavy atom. The molecule has 1 aromatic carbocycles. The lowest BCUT2D eigenvalue weighted by molar-refractivity contribution is 0.389. The van der Waals surface area contributed by atoms with Gasteiger partial charge in [-0.25, -0.2) is 0 Å². The maximum Gasteiger partial charge on any atom is 0.126 e. The molecule has 2 atom stereocenters. The average Bonchev–Trinajstić information content (AvgIpc) is 2.27. The van der Waals surface area contributed by atoms with Crippen molar-refractivity contribution in [3.8, 4) is 11.5 Å². The van der Waals surface area contributed by atoms with Gasteiger partial charge in [0.15, 0.2) is 0 Å². The molecule has 84 valence electrons. The van der Waals surface area contributed by atoms with Gasteiger partial charge in [-0.15, -0.1) is 0 Å². The Morgan fingerprint density at radius 1 is 1.13 bits per heavy atom. The molecule has 0 fully saturated rings. The molecular formula is C12H17BrO2. The lowest BCUT2D eigenvalue weighted by Gasteiger charge is -2.18. The van der Waals surface area contributed by atoms with Crippen molar-refractivity contribution in [3.63, 3.8) is 0 Å². The zero-order valence-corrected chi connectivity index (χ0v) is 11.2. The average molecular weight is 273 g/mol. The summed E-state index contributed by atoms with van der Waals surface area (Å²) in [5.41, 5.74) is 1.20. The van der Waals surface area contributed by atoms with Crippen molar-refractivity contribution in [2.45, 2.75) is 24.6 Å². The van der Waals surface area contributed by atoms with Gasteiger partial charge in [-0.2, -0.15) is 0 Å². The van der Waals surface area contributed by atoms with Crippen molar-refractivity contribution in [2.75, 3.05) is 14.2 Å². The van der Waals surface area contributed by atoms with E-state index in [1.165, 1.54) is 5.56 Å². The summed E-state index contributed by atoms with van der Waals surface area (Å²) in [4.78, 5) is 0.416. The zero-order valence-electron chi connectivity index (χ0n) is 9.58. The molecule has 0 aromatic heterocycles. The lowest BCUT2D eigenvalue weighted by Crippen LogP contribution is -2.06. The Morgan fingerprint density at radius 3 is 2.27 bits per heavy atom. The third-order valence-electron chi connectivity index (χ3n) is 2.62. The fourth-order valence-electron chi connectivity index (χ4n) is 1.44. The topological polar surface area (TPSA) is 18.5 Å². The summed E-state index contributed by atoms with van der Waals surface area (Å²) in [6.45, 7) is 4.30. The van der Waals surface area contributed by atoms with E-state index < -0.39 is 0 Å². The smallest absolute Gasteiger partial charge is 0.126 e. The molecular weight excluding hydrogens is 256 g/mol. The number of benzene rings is 1. The number of halogens is 1. The van der Waals surface area contributed by atoms with Crippen LogP contribution in [0.2, 0.25) is 0 Å². The van der Waals surface area contributed by atoms with Crippen molar-refractivity contribution >= 4 is 15.9 Å². The van der Waals surface area contributed by atoms with Gasteiger partial charge in [0, 0.05) is 10.9 Å². The van der Waals surface area contributed by atoms with Gasteiger partial charge in [0.2, 0.25) is 0 Å². The maximum absolute atomic E-state index is 5.36. The minimum atomic E-state index is 0.408. The molecule has 0 spiro atoms. The van der Waals surface area contributed by atoms with Crippen LogP contribution < -0.4 is 9.47 Å². The second-order valence-corrected chi connectivity index (χ2v) is 5.02. The first-order valence-electron chi connectivity index (χ1n) is 4.96. The van der Waals surface area contributed by atoms with Crippen molar-refractivity contribution < 1.29 is 9.47 Å². The van der Waals surface area contributed by atoms with Gasteiger partial charge in [0.25, 0.3) is 0 Å². The van der Waals surface area contributed by atoms with Gasteiger partial charge in [0.1, 0.15) is 11.5 Å². The summed E-state index contributed by atoms with van der Waals surface area (Å²) in [5.74, 6) is 2.11. The van der Waals surface area contributed by atoms with E-state index in [9.17, 15) is 0 Å². The molecule has 0 aliphatic carbocycles. The van der Waals surface area contributed by atoms with E-state index in [0.717, 1.165) is 11.5 Å². The van der Waals surface area contributed by atoms with E-state index in [-0.39, 0.29) is 0 Å². The molecule has 0 bridgehead atoms. The first-order valence-corrected chi connectivity index (χ1v) is 5.87. The summed E-state index contributed by atoms with van der Waals surface area (Å²) in [5, 5.41) is 0. The second-order valence-electron chi connectivity index (χ2n) is 3.57. The summed E-state index contributed by atoms with van der Waals surface area (Å²) >= 11 is 3.59. The fraction of sp³-hybridized carbons (Fsp3) is 0.500. The number of hydrogen-bond acceptors (Lipinski definition) is 2. The summed E-state index contributed by atoms with van der Waals surface area (Å²) in [6.07, 6.45) is 0. The van der Waals surface area contributed by atoms with Gasteiger partial charge in [-0.3, -0.25) is 0 Å². The van der Waals surface area contributed by atoms with Gasteiger partial charge >= 0.3 is 0 Å². The molecule has 3 heteroatoms. The molecule has 0 N–H and O–H groups in total. The van der Waals surface area contributed by atoms with E-state index >= 15 is 0 Å². The molecule has 0 aliphatic rings. The fourth-order valence-corrected chi connectivity index (χ4v) is 1.73. The molecule has 0 radical (unpaired) electrons. The van der Waals surface area contributed by atoms with E-state index in [4.69, 9.17) is 9.47 Å². The summed E-state index contributed by atoms with van der Waals surface area (Å²) < 4.78 is 10.5. The SMILES string of the molecule is COc1ccc(C(C)C(C)Br)c(OC)c1. The first-order chi connectivity index (χ1) is 7.10. The third kappa shape index (κ3) is 2.88. The van der Waals surface area contributed by atoms with Crippen LogP contribution >= 0.6 is 15.9 Å². The minimum Gasteiger partial charge on any atom is -0.497 e. The van der Waals surface area contributed by atoms with Crippen LogP contribution in [0.4, 0.5) is 0 Å². The Balaban J connectivity index is 3.07. The Hall–Kier alpha value is -0.700. The predicted molar refractivity (Wildman–Crippen MR) is 66.4 cm³/mol. The van der Waals surface area contributed by atoms with Crippen LogP contribution in [0.5, 0.6) is 11.5 Å². The van der Waals surface area contributed by atoms with Crippen molar-refractivity contribution in [2.24, 2.45) is 0 Å². The monoisotopic (exact) mass is 272 g/mol. The molecule has 0 heterocycles. The Labute approximate surface area is 99.7 Å². The number of alkyl halides is 1. The van der Waals surface area contributed by atoms with Crippen LogP contribution in [0.1, 0.15) is 25.3 Å². The van der Waals surface area contributed by atoms with Crippen LogP contribution in [0.3, 0.4) is 0 Å². The molecule has 0 saturated heterocycles. The summed E-state index contributed by atoms with van der Waals surface area (Å²) in [7, 11) is 3.34. The van der Waals surface area contributed by atoms with Crippen molar-refractivity contribution in [3.05, 3.63) is 23.8 Å². The second kappa shape index (κ2) is 5.40. The van der Waals surface area contributed by atoms with Crippen LogP contribution in [0, 0.1) is 0 Å². The van der Waals surface area contributed by atoms with Crippen LogP contribution in [-0.4, -0.2) is 19.0 Å². The number of rotatable bonds is 4. The molecule has 2 nitrogen and oxygen atoms in total.